The van der Waals surface area contributed by atoms with Crippen molar-refractivity contribution in [2.75, 3.05) is 5.32 Å². The molecule has 0 atom stereocenters. The topological polar surface area (TPSA) is 101 Å². The molecule has 3 heterocycles. The molecule has 0 spiro atoms. The summed E-state index contributed by atoms with van der Waals surface area (Å²) < 4.78 is 3.53. The standard InChI is InChI=1S/C20H17N7O/c1-3-26-13(2)15(12-23-26)18-8-9-22-19-10-17(25-27(18)19)20(28)24-16-7-5-4-6-14(16)11-21/h4-10,12H,3H2,1-2H3,(H,24,28). The number of hydrogen-bond acceptors (Lipinski definition) is 5. The lowest BCUT2D eigenvalue weighted by Gasteiger charge is -2.05. The van der Waals surface area contributed by atoms with Gasteiger partial charge in [-0.05, 0) is 32.0 Å². The van der Waals surface area contributed by atoms with Crippen LogP contribution in [-0.2, 0) is 6.54 Å². The number of nitriles is 1. The number of aromatic nitrogens is 5. The van der Waals surface area contributed by atoms with E-state index in [1.165, 1.54) is 0 Å². The van der Waals surface area contributed by atoms with Gasteiger partial charge in [0.2, 0.25) is 0 Å². The van der Waals surface area contributed by atoms with Gasteiger partial charge in [0.05, 0.1) is 23.1 Å². The van der Waals surface area contributed by atoms with Gasteiger partial charge < -0.3 is 5.32 Å². The van der Waals surface area contributed by atoms with E-state index in [9.17, 15) is 10.1 Å². The highest BCUT2D eigenvalue weighted by atomic mass is 16.1. The molecule has 0 unspecified atom stereocenters. The van der Waals surface area contributed by atoms with E-state index in [1.807, 2.05) is 24.6 Å². The number of rotatable bonds is 4. The fraction of sp³-hybridized carbons (Fsp3) is 0.150. The number of carbonyl (C=O) groups is 1. The van der Waals surface area contributed by atoms with Crippen molar-refractivity contribution in [1.82, 2.24) is 24.4 Å². The number of carbonyl (C=O) groups excluding carboxylic acids is 1. The smallest absolute Gasteiger partial charge is 0.276 e. The average molecular weight is 371 g/mol. The van der Waals surface area contributed by atoms with Crippen molar-refractivity contribution >= 4 is 17.2 Å². The Labute approximate surface area is 161 Å². The third-order valence-corrected chi connectivity index (χ3v) is 4.56. The van der Waals surface area contributed by atoms with Gasteiger partial charge in [0.1, 0.15) is 6.07 Å². The van der Waals surface area contributed by atoms with Crippen LogP contribution in [0.5, 0.6) is 0 Å². The SMILES string of the molecule is CCn1ncc(-c2ccnc3cc(C(=O)Nc4ccccc4C#N)nn23)c1C. The monoisotopic (exact) mass is 371 g/mol. The van der Waals surface area contributed by atoms with E-state index in [0.717, 1.165) is 23.5 Å². The van der Waals surface area contributed by atoms with Crippen LogP contribution in [0.4, 0.5) is 5.69 Å². The number of fused-ring (bicyclic) bond motifs is 1. The van der Waals surface area contributed by atoms with Crippen LogP contribution in [0.25, 0.3) is 16.9 Å². The number of hydrogen-bond donors (Lipinski definition) is 1. The number of anilines is 1. The second-order valence-corrected chi connectivity index (χ2v) is 6.20. The van der Waals surface area contributed by atoms with Crippen molar-refractivity contribution in [2.24, 2.45) is 0 Å². The van der Waals surface area contributed by atoms with Crippen molar-refractivity contribution in [1.29, 1.82) is 5.26 Å². The Morgan fingerprint density at radius 2 is 2.11 bits per heavy atom. The molecular formula is C20H17N7O. The lowest BCUT2D eigenvalue weighted by atomic mass is 10.2. The molecule has 138 valence electrons. The highest BCUT2D eigenvalue weighted by molar-refractivity contribution is 6.04. The maximum atomic E-state index is 12.7. The summed E-state index contributed by atoms with van der Waals surface area (Å²) in [6.45, 7) is 4.79. The third-order valence-electron chi connectivity index (χ3n) is 4.56. The van der Waals surface area contributed by atoms with Gasteiger partial charge in [-0.3, -0.25) is 9.48 Å². The molecule has 0 fully saturated rings. The maximum absolute atomic E-state index is 12.7. The van der Waals surface area contributed by atoms with Gasteiger partial charge in [0, 0.05) is 30.1 Å². The highest BCUT2D eigenvalue weighted by Crippen LogP contribution is 2.24. The molecule has 28 heavy (non-hydrogen) atoms. The minimum absolute atomic E-state index is 0.216. The normalized spacial score (nSPS) is 10.8. The van der Waals surface area contributed by atoms with Crippen molar-refractivity contribution in [3.8, 4) is 17.3 Å². The van der Waals surface area contributed by atoms with Crippen LogP contribution in [-0.4, -0.2) is 30.3 Å². The van der Waals surface area contributed by atoms with Crippen molar-refractivity contribution in [3.63, 3.8) is 0 Å². The van der Waals surface area contributed by atoms with Crippen molar-refractivity contribution in [3.05, 3.63) is 65.7 Å². The van der Waals surface area contributed by atoms with E-state index in [4.69, 9.17) is 0 Å². The minimum atomic E-state index is -0.403. The number of nitrogens with one attached hydrogen (secondary N) is 1. The van der Waals surface area contributed by atoms with Crippen LogP contribution in [0, 0.1) is 18.3 Å². The molecule has 4 rings (SSSR count). The van der Waals surface area contributed by atoms with Crippen LogP contribution in [0.3, 0.4) is 0 Å². The van der Waals surface area contributed by atoms with Gasteiger partial charge in [0.15, 0.2) is 11.3 Å². The molecule has 0 aliphatic heterocycles. The molecule has 0 saturated heterocycles. The summed E-state index contributed by atoms with van der Waals surface area (Å²) in [7, 11) is 0. The first-order valence-electron chi connectivity index (χ1n) is 8.80. The quantitative estimate of drug-likeness (QED) is 0.594. The zero-order valence-corrected chi connectivity index (χ0v) is 15.4. The van der Waals surface area contributed by atoms with Gasteiger partial charge >= 0.3 is 0 Å². The van der Waals surface area contributed by atoms with Gasteiger partial charge in [-0.25, -0.2) is 9.50 Å². The number of benzene rings is 1. The fourth-order valence-corrected chi connectivity index (χ4v) is 3.10. The molecule has 1 N–H and O–H groups in total. The zero-order chi connectivity index (χ0) is 19.7. The summed E-state index contributed by atoms with van der Waals surface area (Å²) in [5, 5.41) is 20.7. The van der Waals surface area contributed by atoms with Crippen LogP contribution >= 0.6 is 0 Å². The summed E-state index contributed by atoms with van der Waals surface area (Å²) in [6, 6.07) is 12.4. The number of nitrogens with zero attached hydrogens (tertiary/aromatic N) is 6. The van der Waals surface area contributed by atoms with Crippen LogP contribution in [0.2, 0.25) is 0 Å². The molecule has 0 aliphatic rings. The molecule has 8 nitrogen and oxygen atoms in total. The molecule has 1 aromatic carbocycles. The number of amides is 1. The number of para-hydroxylation sites is 1. The Bertz CT molecular complexity index is 1230. The minimum Gasteiger partial charge on any atom is -0.319 e. The molecule has 0 aliphatic carbocycles. The van der Waals surface area contributed by atoms with Crippen LogP contribution < -0.4 is 5.32 Å². The summed E-state index contributed by atoms with van der Waals surface area (Å²) in [5.41, 5.74) is 4.35. The lowest BCUT2D eigenvalue weighted by Crippen LogP contribution is -2.13. The molecule has 1 amide bonds. The molecule has 4 aromatic rings. The summed E-state index contributed by atoms with van der Waals surface area (Å²) in [5.74, 6) is -0.403. The Balaban J connectivity index is 1.73. The van der Waals surface area contributed by atoms with E-state index >= 15 is 0 Å². The Morgan fingerprint density at radius 3 is 2.86 bits per heavy atom. The highest BCUT2D eigenvalue weighted by Gasteiger charge is 2.17. The summed E-state index contributed by atoms with van der Waals surface area (Å²) >= 11 is 0. The van der Waals surface area contributed by atoms with E-state index in [0.29, 0.717) is 16.9 Å². The average Bonchev–Trinajstić information content (AvgIpc) is 3.31. The predicted octanol–water partition coefficient (Wildman–Crippen LogP) is 3.05. The van der Waals surface area contributed by atoms with Gasteiger partial charge in [-0.1, -0.05) is 12.1 Å². The van der Waals surface area contributed by atoms with Crippen molar-refractivity contribution in [2.45, 2.75) is 20.4 Å². The molecule has 8 heteroatoms. The van der Waals surface area contributed by atoms with Crippen LogP contribution in [0.1, 0.15) is 28.7 Å². The first-order valence-corrected chi connectivity index (χ1v) is 8.80. The van der Waals surface area contributed by atoms with E-state index in [-0.39, 0.29) is 5.69 Å². The molecule has 0 saturated carbocycles. The third kappa shape index (κ3) is 2.89. The molecule has 0 radical (unpaired) electrons. The van der Waals surface area contributed by atoms with E-state index < -0.39 is 5.91 Å². The molecule has 3 aromatic heterocycles. The largest absolute Gasteiger partial charge is 0.319 e. The van der Waals surface area contributed by atoms with Gasteiger partial charge in [0.25, 0.3) is 5.91 Å². The van der Waals surface area contributed by atoms with Gasteiger partial charge in [-0.15, -0.1) is 0 Å². The Hall–Kier alpha value is -3.99. The van der Waals surface area contributed by atoms with Gasteiger partial charge in [-0.2, -0.15) is 15.5 Å². The summed E-state index contributed by atoms with van der Waals surface area (Å²) in [4.78, 5) is 17.0. The first kappa shape index (κ1) is 17.4. The van der Waals surface area contributed by atoms with Crippen molar-refractivity contribution < 1.29 is 4.79 Å². The Morgan fingerprint density at radius 1 is 1.29 bits per heavy atom. The fourth-order valence-electron chi connectivity index (χ4n) is 3.10. The van der Waals surface area contributed by atoms with E-state index in [1.54, 1.807) is 47.2 Å². The van der Waals surface area contributed by atoms with E-state index in [2.05, 4.69) is 26.6 Å². The molecule has 0 bridgehead atoms. The zero-order valence-electron chi connectivity index (χ0n) is 15.4. The second-order valence-electron chi connectivity index (χ2n) is 6.20. The molecular weight excluding hydrogens is 354 g/mol. The maximum Gasteiger partial charge on any atom is 0.276 e. The lowest BCUT2D eigenvalue weighted by molar-refractivity contribution is 0.102. The van der Waals surface area contributed by atoms with Crippen LogP contribution in [0.15, 0.2) is 48.8 Å². The number of aryl methyl sites for hydroxylation is 1. The first-order chi connectivity index (χ1) is 13.6. The summed E-state index contributed by atoms with van der Waals surface area (Å²) in [6.07, 6.45) is 3.47. The Kier molecular flexibility index (Phi) is 4.33. The second kappa shape index (κ2) is 6.96. The predicted molar refractivity (Wildman–Crippen MR) is 104 cm³/mol.